The molecule has 0 bridgehead atoms. The first-order chi connectivity index (χ1) is 15.5. The second kappa shape index (κ2) is 10.0. The van der Waals surface area contributed by atoms with Gasteiger partial charge < -0.3 is 15.0 Å². The van der Waals surface area contributed by atoms with Crippen LogP contribution in [0.3, 0.4) is 0 Å². The fourth-order valence-electron chi connectivity index (χ4n) is 4.70. The van der Waals surface area contributed by atoms with Crippen LogP contribution in [0.1, 0.15) is 63.7 Å². The molecule has 32 heavy (non-hydrogen) atoms. The SMILES string of the molecule is CCCCC1CCC(C(=O)Nc2nc(-c3ccc4c(c3)N(C)C(=O)CO4)c(CC)s2)CC1. The number of rotatable bonds is 7. The van der Waals surface area contributed by atoms with Gasteiger partial charge in [0.15, 0.2) is 11.7 Å². The first kappa shape index (κ1) is 22.8. The molecule has 1 saturated carbocycles. The Bertz CT molecular complexity index is 979. The smallest absolute Gasteiger partial charge is 0.264 e. The van der Waals surface area contributed by atoms with Gasteiger partial charge in [-0.2, -0.15) is 0 Å². The van der Waals surface area contributed by atoms with Crippen molar-refractivity contribution in [3.05, 3.63) is 23.1 Å². The normalized spacial score (nSPS) is 20.6. The van der Waals surface area contributed by atoms with E-state index in [0.29, 0.717) is 10.9 Å². The quantitative estimate of drug-likeness (QED) is 0.584. The van der Waals surface area contributed by atoms with Gasteiger partial charge in [-0.3, -0.25) is 9.59 Å². The molecule has 172 valence electrons. The van der Waals surface area contributed by atoms with Gasteiger partial charge in [-0.05, 0) is 56.2 Å². The van der Waals surface area contributed by atoms with Crippen molar-refractivity contribution in [3.63, 3.8) is 0 Å². The van der Waals surface area contributed by atoms with Crippen molar-refractivity contribution >= 4 is 34.0 Å². The number of aromatic nitrogens is 1. The van der Waals surface area contributed by atoms with E-state index in [9.17, 15) is 9.59 Å². The Morgan fingerprint density at radius 1 is 1.25 bits per heavy atom. The molecule has 1 aliphatic heterocycles. The molecule has 1 aromatic heterocycles. The Kier molecular flexibility index (Phi) is 7.13. The molecule has 7 heteroatoms. The van der Waals surface area contributed by atoms with Crippen LogP contribution in [0.15, 0.2) is 18.2 Å². The highest BCUT2D eigenvalue weighted by Gasteiger charge is 2.27. The molecule has 1 N–H and O–H groups in total. The maximum Gasteiger partial charge on any atom is 0.264 e. The van der Waals surface area contributed by atoms with Gasteiger partial charge in [0.1, 0.15) is 5.75 Å². The van der Waals surface area contributed by atoms with Crippen molar-refractivity contribution in [1.82, 2.24) is 4.98 Å². The molecule has 2 aromatic rings. The van der Waals surface area contributed by atoms with E-state index in [-0.39, 0.29) is 24.3 Å². The van der Waals surface area contributed by atoms with Gasteiger partial charge in [0, 0.05) is 23.4 Å². The number of amides is 2. The van der Waals surface area contributed by atoms with Gasteiger partial charge in [-0.15, -0.1) is 11.3 Å². The summed E-state index contributed by atoms with van der Waals surface area (Å²) in [5, 5.41) is 3.75. The Morgan fingerprint density at radius 2 is 2.03 bits per heavy atom. The van der Waals surface area contributed by atoms with Gasteiger partial charge in [-0.1, -0.05) is 33.1 Å². The number of aryl methyl sites for hydroxylation is 1. The predicted molar refractivity (Wildman–Crippen MR) is 129 cm³/mol. The Hall–Kier alpha value is -2.41. The molecule has 0 atom stereocenters. The monoisotopic (exact) mass is 455 g/mol. The lowest BCUT2D eigenvalue weighted by Gasteiger charge is -2.27. The number of anilines is 2. The van der Waals surface area contributed by atoms with E-state index in [4.69, 9.17) is 9.72 Å². The minimum absolute atomic E-state index is 0.0659. The van der Waals surface area contributed by atoms with E-state index in [1.54, 1.807) is 23.3 Å². The molecule has 0 unspecified atom stereocenters. The molecule has 0 radical (unpaired) electrons. The molecule has 1 aliphatic carbocycles. The highest BCUT2D eigenvalue weighted by molar-refractivity contribution is 7.16. The number of thiazole rings is 1. The lowest BCUT2D eigenvalue weighted by molar-refractivity contribution is -0.121. The molecular weight excluding hydrogens is 422 g/mol. The molecule has 1 aromatic carbocycles. The van der Waals surface area contributed by atoms with Crippen LogP contribution in [-0.2, 0) is 16.0 Å². The molecule has 0 saturated heterocycles. The second-order valence-corrected chi connectivity index (χ2v) is 10.0. The Labute approximate surface area is 194 Å². The highest BCUT2D eigenvalue weighted by Crippen LogP contribution is 2.39. The number of nitrogens with zero attached hydrogens (tertiary/aromatic N) is 2. The number of nitrogens with one attached hydrogen (secondary N) is 1. The fraction of sp³-hybridized carbons (Fsp3) is 0.560. The number of ether oxygens (including phenoxy) is 1. The van der Waals surface area contributed by atoms with Crippen molar-refractivity contribution in [2.45, 2.75) is 65.2 Å². The summed E-state index contributed by atoms with van der Waals surface area (Å²) in [6.45, 7) is 4.40. The van der Waals surface area contributed by atoms with Crippen LogP contribution in [0.4, 0.5) is 10.8 Å². The van der Waals surface area contributed by atoms with Crippen molar-refractivity contribution in [2.75, 3.05) is 23.9 Å². The summed E-state index contributed by atoms with van der Waals surface area (Å²) in [4.78, 5) is 32.4. The second-order valence-electron chi connectivity index (χ2n) is 8.92. The van der Waals surface area contributed by atoms with Gasteiger partial charge >= 0.3 is 0 Å². The van der Waals surface area contributed by atoms with E-state index in [0.717, 1.165) is 59.8 Å². The predicted octanol–water partition coefficient (Wildman–Crippen LogP) is 5.66. The number of hydrogen-bond donors (Lipinski definition) is 1. The molecule has 2 amide bonds. The van der Waals surface area contributed by atoms with Gasteiger partial charge in [-0.25, -0.2) is 4.98 Å². The zero-order chi connectivity index (χ0) is 22.7. The lowest BCUT2D eigenvalue weighted by atomic mass is 9.79. The van der Waals surface area contributed by atoms with Gasteiger partial charge in [0.25, 0.3) is 5.91 Å². The lowest BCUT2D eigenvalue weighted by Crippen LogP contribution is -2.35. The molecule has 1 fully saturated rings. The minimum Gasteiger partial charge on any atom is -0.482 e. The number of fused-ring (bicyclic) bond motifs is 1. The maximum atomic E-state index is 12.9. The van der Waals surface area contributed by atoms with Crippen LogP contribution in [0.2, 0.25) is 0 Å². The van der Waals surface area contributed by atoms with Crippen molar-refractivity contribution < 1.29 is 14.3 Å². The Morgan fingerprint density at radius 3 is 2.75 bits per heavy atom. The van der Waals surface area contributed by atoms with E-state index in [2.05, 4.69) is 19.2 Å². The minimum atomic E-state index is -0.0685. The average molecular weight is 456 g/mol. The summed E-state index contributed by atoms with van der Waals surface area (Å²) in [5.41, 5.74) is 2.54. The zero-order valence-electron chi connectivity index (χ0n) is 19.3. The van der Waals surface area contributed by atoms with Crippen LogP contribution in [-0.4, -0.2) is 30.5 Å². The largest absolute Gasteiger partial charge is 0.482 e. The highest BCUT2D eigenvalue weighted by atomic mass is 32.1. The number of unbranched alkanes of at least 4 members (excludes halogenated alkanes) is 1. The molecule has 4 rings (SSSR count). The molecule has 6 nitrogen and oxygen atoms in total. The third kappa shape index (κ3) is 4.82. The third-order valence-electron chi connectivity index (χ3n) is 6.75. The summed E-state index contributed by atoms with van der Waals surface area (Å²) in [5.74, 6) is 1.61. The summed E-state index contributed by atoms with van der Waals surface area (Å²) in [6, 6.07) is 5.81. The first-order valence-electron chi connectivity index (χ1n) is 11.8. The molecular formula is C25H33N3O3S. The van der Waals surface area contributed by atoms with Gasteiger partial charge in [0.05, 0.1) is 11.4 Å². The van der Waals surface area contributed by atoms with Crippen molar-refractivity contribution in [2.24, 2.45) is 11.8 Å². The first-order valence-corrected chi connectivity index (χ1v) is 12.7. The maximum absolute atomic E-state index is 12.9. The van der Waals surface area contributed by atoms with E-state index < -0.39 is 0 Å². The van der Waals surface area contributed by atoms with E-state index in [1.807, 2.05) is 18.2 Å². The van der Waals surface area contributed by atoms with Crippen LogP contribution >= 0.6 is 11.3 Å². The van der Waals surface area contributed by atoms with E-state index in [1.165, 1.54) is 19.3 Å². The standard InChI is InChI=1S/C25H33N3O3S/c1-4-6-7-16-8-10-17(11-9-16)24(30)27-25-26-23(21(5-2)32-25)18-12-13-20-19(14-18)28(3)22(29)15-31-20/h12-14,16-17H,4-11,15H2,1-3H3,(H,26,27,30). The number of benzene rings is 1. The van der Waals surface area contributed by atoms with Crippen LogP contribution < -0.4 is 15.0 Å². The Balaban J connectivity index is 1.46. The topological polar surface area (TPSA) is 71.5 Å². The number of carbonyl (C=O) groups excluding carboxylic acids is 2. The number of carbonyl (C=O) groups is 2. The van der Waals surface area contributed by atoms with Crippen LogP contribution in [0.25, 0.3) is 11.3 Å². The summed E-state index contributed by atoms with van der Waals surface area (Å²) >= 11 is 1.54. The summed E-state index contributed by atoms with van der Waals surface area (Å²) in [7, 11) is 1.76. The summed E-state index contributed by atoms with van der Waals surface area (Å²) < 4.78 is 5.54. The van der Waals surface area contributed by atoms with Crippen molar-refractivity contribution in [1.29, 1.82) is 0 Å². The average Bonchev–Trinajstić information content (AvgIpc) is 3.23. The van der Waals surface area contributed by atoms with Crippen LogP contribution in [0, 0.1) is 11.8 Å². The number of hydrogen-bond acceptors (Lipinski definition) is 5. The number of likely N-dealkylation sites (N-methyl/N-ethyl adjacent to an activating group) is 1. The third-order valence-corrected chi connectivity index (χ3v) is 7.87. The molecule has 0 spiro atoms. The van der Waals surface area contributed by atoms with Crippen molar-refractivity contribution in [3.8, 4) is 17.0 Å². The zero-order valence-corrected chi connectivity index (χ0v) is 20.1. The van der Waals surface area contributed by atoms with Gasteiger partial charge in [0.2, 0.25) is 5.91 Å². The molecule has 2 aliphatic rings. The van der Waals surface area contributed by atoms with Crippen LogP contribution in [0.5, 0.6) is 5.75 Å². The molecule has 2 heterocycles. The van der Waals surface area contributed by atoms with E-state index >= 15 is 0 Å². The summed E-state index contributed by atoms with van der Waals surface area (Å²) in [6.07, 6.45) is 8.93. The fourth-order valence-corrected chi connectivity index (χ4v) is 5.63.